The summed E-state index contributed by atoms with van der Waals surface area (Å²) in [6.07, 6.45) is 17.2. The minimum Gasteiger partial charge on any atom is -0.475 e. The van der Waals surface area contributed by atoms with Crippen LogP contribution >= 0.6 is 24.8 Å². The highest BCUT2D eigenvalue weighted by atomic mass is 32.1. The number of fused-ring (bicyclic) bond motifs is 5. The van der Waals surface area contributed by atoms with Crippen LogP contribution in [0.5, 0.6) is 0 Å². The molecular weight excluding hydrogens is 416 g/mol. The maximum Gasteiger partial charge on any atom is 0.217 e. The number of thiocarbonyl (C=S) groups is 1. The van der Waals surface area contributed by atoms with Crippen molar-refractivity contribution < 1.29 is 4.74 Å². The minimum absolute atomic E-state index is 0.316. The lowest BCUT2D eigenvalue weighted by Gasteiger charge is -2.61. The summed E-state index contributed by atoms with van der Waals surface area (Å²) in [5.74, 6) is 6.48. The first-order valence-corrected chi connectivity index (χ1v) is 14.4. The fourth-order valence-corrected chi connectivity index (χ4v) is 9.78. The Morgan fingerprint density at radius 2 is 1.65 bits per heavy atom. The van der Waals surface area contributed by atoms with Gasteiger partial charge < -0.3 is 4.74 Å². The van der Waals surface area contributed by atoms with E-state index in [4.69, 9.17) is 17.0 Å². The lowest BCUT2D eigenvalue weighted by Crippen LogP contribution is -2.54. The van der Waals surface area contributed by atoms with Crippen molar-refractivity contribution in [2.45, 2.75) is 118 Å². The molecule has 31 heavy (non-hydrogen) atoms. The van der Waals surface area contributed by atoms with E-state index >= 15 is 0 Å². The van der Waals surface area contributed by atoms with Crippen LogP contribution in [0.3, 0.4) is 0 Å². The van der Waals surface area contributed by atoms with Gasteiger partial charge in [-0.2, -0.15) is 0 Å². The maximum atomic E-state index is 5.89. The molecule has 1 nitrogen and oxygen atoms in total. The average molecular weight is 465 g/mol. The Labute approximate surface area is 203 Å². The van der Waals surface area contributed by atoms with E-state index in [2.05, 4.69) is 47.2 Å². The molecule has 0 N–H and O–H groups in total. The van der Waals surface area contributed by atoms with Crippen LogP contribution in [-0.2, 0) is 4.74 Å². The Bertz CT molecular complexity index is 647. The van der Waals surface area contributed by atoms with Crippen molar-refractivity contribution in [3.8, 4) is 0 Å². The lowest BCUT2D eigenvalue weighted by molar-refractivity contribution is -0.127. The molecule has 4 unspecified atom stereocenters. The first-order chi connectivity index (χ1) is 14.6. The van der Waals surface area contributed by atoms with Crippen LogP contribution in [0, 0.1) is 52.3 Å². The molecule has 9 atom stereocenters. The van der Waals surface area contributed by atoms with Crippen LogP contribution in [0.2, 0.25) is 0 Å². The zero-order chi connectivity index (χ0) is 22.4. The second-order valence-corrected chi connectivity index (χ2v) is 14.0. The molecule has 0 bridgehead atoms. The topological polar surface area (TPSA) is 9.23 Å². The van der Waals surface area contributed by atoms with Crippen molar-refractivity contribution in [2.24, 2.45) is 52.3 Å². The highest BCUT2D eigenvalue weighted by Gasteiger charge is 2.60. The summed E-state index contributed by atoms with van der Waals surface area (Å²) in [7, 11) is 0. The lowest BCUT2D eigenvalue weighted by atomic mass is 9.44. The van der Waals surface area contributed by atoms with Gasteiger partial charge in [0.1, 0.15) is 6.10 Å². The van der Waals surface area contributed by atoms with Crippen molar-refractivity contribution in [3.63, 3.8) is 0 Å². The average Bonchev–Trinajstić information content (AvgIpc) is 3.05. The molecule has 4 fully saturated rings. The van der Waals surface area contributed by atoms with Gasteiger partial charge in [0.15, 0.2) is 0 Å². The molecule has 0 aromatic carbocycles. The Hall–Kier alpha value is 0.240. The largest absolute Gasteiger partial charge is 0.475 e. The Balaban J connectivity index is 1.43. The summed E-state index contributed by atoms with van der Waals surface area (Å²) in [6.45, 7) is 12.7. The summed E-state index contributed by atoms with van der Waals surface area (Å²) >= 11 is 9.36. The Morgan fingerprint density at radius 1 is 0.935 bits per heavy atom. The summed E-state index contributed by atoms with van der Waals surface area (Å²) in [4.78, 5) is 0. The van der Waals surface area contributed by atoms with E-state index in [0.717, 1.165) is 41.4 Å². The fraction of sp³-hybridized carbons (Fsp3) is 0.964. The predicted octanol–water partition coefficient (Wildman–Crippen LogP) is 8.71. The third kappa shape index (κ3) is 4.62. The van der Waals surface area contributed by atoms with Crippen LogP contribution < -0.4 is 0 Å². The Morgan fingerprint density at radius 3 is 2.35 bits per heavy atom. The molecule has 0 spiro atoms. The van der Waals surface area contributed by atoms with Crippen molar-refractivity contribution in [1.82, 2.24) is 0 Å². The van der Waals surface area contributed by atoms with Crippen LogP contribution in [0.15, 0.2) is 0 Å². The van der Waals surface area contributed by atoms with Gasteiger partial charge in [-0.05, 0) is 122 Å². The van der Waals surface area contributed by atoms with Gasteiger partial charge in [-0.15, -0.1) is 0 Å². The third-order valence-corrected chi connectivity index (χ3v) is 11.3. The SMILES string of the molecule is CC(C)CCCC(C)[C@H]1CCC2C3CCC4C[C@@H](OC(=S)S)CC[C@]4(C)[C@H]3CC[C@@]21C. The quantitative estimate of drug-likeness (QED) is 0.311. The highest BCUT2D eigenvalue weighted by Crippen LogP contribution is 2.68. The van der Waals surface area contributed by atoms with E-state index in [1.54, 1.807) is 0 Å². The van der Waals surface area contributed by atoms with E-state index in [9.17, 15) is 0 Å². The standard InChI is InChI=1S/C28H48OS2/c1-18(2)7-6-8-19(3)23-11-12-24-22-10-9-20-17-21(29-26(30)31)13-15-27(20,4)25(22)14-16-28(23,24)5/h18-25H,6-17H2,1-5H3,(H,30,31)/t19?,20?,21-,22?,23+,24?,25-,27-,28+/m0/s1. The van der Waals surface area contributed by atoms with Crippen molar-refractivity contribution >= 4 is 29.2 Å². The smallest absolute Gasteiger partial charge is 0.217 e. The molecular formula is C28H48OS2. The van der Waals surface area contributed by atoms with Crippen LogP contribution in [0.4, 0.5) is 0 Å². The molecule has 4 aliphatic rings. The van der Waals surface area contributed by atoms with E-state index in [-0.39, 0.29) is 0 Å². The normalized spacial score (nSPS) is 45.5. The number of rotatable bonds is 6. The summed E-state index contributed by atoms with van der Waals surface area (Å²) in [5.41, 5.74) is 1.14. The van der Waals surface area contributed by atoms with Crippen molar-refractivity contribution in [3.05, 3.63) is 0 Å². The van der Waals surface area contributed by atoms with Gasteiger partial charge >= 0.3 is 0 Å². The third-order valence-electron chi connectivity index (χ3n) is 11.1. The van der Waals surface area contributed by atoms with Gasteiger partial charge in [0.25, 0.3) is 0 Å². The number of hydrogen-bond acceptors (Lipinski definition) is 2. The predicted molar refractivity (Wildman–Crippen MR) is 140 cm³/mol. The molecule has 4 rings (SSSR count). The van der Waals surface area contributed by atoms with Gasteiger partial charge in [-0.1, -0.05) is 66.5 Å². The molecule has 0 saturated heterocycles. The summed E-state index contributed by atoms with van der Waals surface area (Å²) < 4.78 is 6.33. The molecule has 0 heterocycles. The van der Waals surface area contributed by atoms with Gasteiger partial charge in [0.05, 0.1) is 0 Å². The highest BCUT2D eigenvalue weighted by molar-refractivity contribution is 8.10. The molecule has 3 heteroatoms. The van der Waals surface area contributed by atoms with Gasteiger partial charge in [0, 0.05) is 0 Å². The van der Waals surface area contributed by atoms with E-state index in [1.165, 1.54) is 77.0 Å². The number of hydrogen-bond donors (Lipinski definition) is 1. The van der Waals surface area contributed by atoms with Gasteiger partial charge in [-0.25, -0.2) is 0 Å². The molecule has 178 valence electrons. The van der Waals surface area contributed by atoms with Gasteiger partial charge in [0.2, 0.25) is 4.38 Å². The molecule has 4 saturated carbocycles. The van der Waals surface area contributed by atoms with Gasteiger partial charge in [-0.3, -0.25) is 0 Å². The van der Waals surface area contributed by atoms with Crippen LogP contribution in [0.1, 0.15) is 112 Å². The van der Waals surface area contributed by atoms with Crippen LogP contribution in [0.25, 0.3) is 0 Å². The monoisotopic (exact) mass is 464 g/mol. The molecule has 0 aromatic rings. The second kappa shape index (κ2) is 9.47. The fourth-order valence-electron chi connectivity index (χ4n) is 9.49. The zero-order valence-electron chi connectivity index (χ0n) is 20.9. The Kier molecular flexibility index (Phi) is 7.45. The van der Waals surface area contributed by atoms with E-state index in [0.29, 0.717) is 21.3 Å². The van der Waals surface area contributed by atoms with Crippen molar-refractivity contribution in [1.29, 1.82) is 0 Å². The van der Waals surface area contributed by atoms with Crippen LogP contribution in [-0.4, -0.2) is 10.5 Å². The molecule has 0 aliphatic heterocycles. The summed E-state index contributed by atoms with van der Waals surface area (Å²) in [5, 5.41) is 0. The first kappa shape index (κ1) is 24.4. The maximum absolute atomic E-state index is 5.89. The summed E-state index contributed by atoms with van der Waals surface area (Å²) in [6, 6.07) is 0. The zero-order valence-corrected chi connectivity index (χ0v) is 22.6. The molecule has 4 aliphatic carbocycles. The minimum atomic E-state index is 0.316. The second-order valence-electron chi connectivity index (χ2n) is 13.0. The number of thiol groups is 1. The van der Waals surface area contributed by atoms with E-state index in [1.807, 2.05) is 0 Å². The molecule has 0 amide bonds. The first-order valence-electron chi connectivity index (χ1n) is 13.5. The van der Waals surface area contributed by atoms with Crippen molar-refractivity contribution in [2.75, 3.05) is 0 Å². The van der Waals surface area contributed by atoms with E-state index < -0.39 is 0 Å². The molecule has 0 aromatic heterocycles. The number of ether oxygens (including phenoxy) is 1. The molecule has 0 radical (unpaired) electrons.